The molecule has 0 atom stereocenters. The molecule has 20 heavy (non-hydrogen) atoms. The van der Waals surface area contributed by atoms with E-state index in [1.54, 1.807) is 0 Å². The van der Waals surface area contributed by atoms with Crippen LogP contribution < -0.4 is 5.32 Å². The number of urea groups is 1. The molecule has 1 aromatic carbocycles. The molecule has 0 unspecified atom stereocenters. The van der Waals surface area contributed by atoms with E-state index in [2.05, 4.69) is 5.32 Å². The highest BCUT2D eigenvalue weighted by atomic mass is 35.5. The van der Waals surface area contributed by atoms with Gasteiger partial charge in [0.15, 0.2) is 5.82 Å². The van der Waals surface area contributed by atoms with Gasteiger partial charge in [-0.05, 0) is 12.1 Å². The summed E-state index contributed by atoms with van der Waals surface area (Å²) in [5.74, 6) is -1.65. The summed E-state index contributed by atoms with van der Waals surface area (Å²) < 4.78 is 13.2. The molecule has 0 radical (unpaired) electrons. The molecular weight excluding hydrogens is 310 g/mol. The average molecular weight is 321 g/mol. The van der Waals surface area contributed by atoms with Gasteiger partial charge in [-0.15, -0.1) is 0 Å². The number of carbonyl (C=O) groups is 2. The highest BCUT2D eigenvalue weighted by molar-refractivity contribution is 6.35. The van der Waals surface area contributed by atoms with Gasteiger partial charge in [0.05, 0.1) is 16.5 Å². The number of anilines is 1. The van der Waals surface area contributed by atoms with Crippen molar-refractivity contribution < 1.29 is 19.1 Å². The summed E-state index contributed by atoms with van der Waals surface area (Å²) in [6.07, 6.45) is 0.0397. The summed E-state index contributed by atoms with van der Waals surface area (Å²) in [6.45, 7) is 0.752. The number of nitrogens with one attached hydrogen (secondary N) is 1. The maximum Gasteiger partial charge on any atom is 0.321 e. The SMILES string of the molecule is O=C(O)CC1CN(C(=O)Nc2cc(Cl)c(F)c(Cl)c2)C1. The molecule has 1 aliphatic rings. The van der Waals surface area contributed by atoms with Crippen molar-refractivity contribution in [2.45, 2.75) is 6.42 Å². The van der Waals surface area contributed by atoms with Crippen molar-refractivity contribution in [1.29, 1.82) is 0 Å². The quantitative estimate of drug-likeness (QED) is 0.841. The Hall–Kier alpha value is -1.53. The minimum atomic E-state index is -0.882. The van der Waals surface area contributed by atoms with Crippen LogP contribution in [0.25, 0.3) is 0 Å². The third-order valence-electron chi connectivity index (χ3n) is 2.94. The third kappa shape index (κ3) is 3.32. The number of hydrogen-bond acceptors (Lipinski definition) is 2. The summed E-state index contributed by atoms with van der Waals surface area (Å²) in [4.78, 5) is 23.8. The fourth-order valence-electron chi connectivity index (χ4n) is 1.94. The highest BCUT2D eigenvalue weighted by Crippen LogP contribution is 2.28. The fraction of sp³-hybridized carbons (Fsp3) is 0.333. The molecule has 8 heteroatoms. The number of carboxylic acids is 1. The molecule has 0 saturated carbocycles. The third-order valence-corrected chi connectivity index (χ3v) is 3.49. The number of carboxylic acid groups (broad SMARTS) is 1. The van der Waals surface area contributed by atoms with Gasteiger partial charge in [0.25, 0.3) is 0 Å². The lowest BCUT2D eigenvalue weighted by Crippen LogP contribution is -2.52. The molecule has 1 fully saturated rings. The van der Waals surface area contributed by atoms with Crippen LogP contribution in [0.15, 0.2) is 12.1 Å². The van der Waals surface area contributed by atoms with E-state index in [4.69, 9.17) is 28.3 Å². The molecule has 2 amide bonds. The number of benzene rings is 1. The van der Waals surface area contributed by atoms with Crippen LogP contribution in [0.2, 0.25) is 10.0 Å². The van der Waals surface area contributed by atoms with E-state index in [-0.39, 0.29) is 28.1 Å². The van der Waals surface area contributed by atoms with Crippen LogP contribution in [0, 0.1) is 11.7 Å². The molecule has 1 saturated heterocycles. The van der Waals surface area contributed by atoms with Crippen molar-refractivity contribution in [1.82, 2.24) is 4.90 Å². The Morgan fingerprint density at radius 1 is 1.35 bits per heavy atom. The molecule has 2 N–H and O–H groups in total. The van der Waals surface area contributed by atoms with Gasteiger partial charge in [-0.2, -0.15) is 0 Å². The molecule has 1 aromatic rings. The molecule has 2 rings (SSSR count). The van der Waals surface area contributed by atoms with Crippen LogP contribution in [0.5, 0.6) is 0 Å². The van der Waals surface area contributed by atoms with E-state index in [0.29, 0.717) is 13.1 Å². The van der Waals surface area contributed by atoms with Gasteiger partial charge in [-0.3, -0.25) is 4.79 Å². The summed E-state index contributed by atoms with van der Waals surface area (Å²) in [7, 11) is 0. The minimum Gasteiger partial charge on any atom is -0.481 e. The molecular formula is C12H11Cl2FN2O3. The van der Waals surface area contributed by atoms with Crippen molar-refractivity contribution >= 4 is 40.9 Å². The van der Waals surface area contributed by atoms with Gasteiger partial charge in [0.2, 0.25) is 0 Å². The number of amides is 2. The Morgan fingerprint density at radius 3 is 2.40 bits per heavy atom. The van der Waals surface area contributed by atoms with E-state index < -0.39 is 17.8 Å². The maximum atomic E-state index is 13.2. The molecule has 1 aliphatic heterocycles. The normalized spacial score (nSPS) is 14.8. The molecule has 0 bridgehead atoms. The van der Waals surface area contributed by atoms with E-state index >= 15 is 0 Å². The van der Waals surface area contributed by atoms with Gasteiger partial charge in [-0.1, -0.05) is 23.2 Å². The first-order chi connectivity index (χ1) is 9.36. The number of halogens is 3. The van der Waals surface area contributed by atoms with E-state index in [1.807, 2.05) is 0 Å². The topological polar surface area (TPSA) is 69.6 Å². The van der Waals surface area contributed by atoms with Gasteiger partial charge < -0.3 is 15.3 Å². The van der Waals surface area contributed by atoms with Crippen LogP contribution in [0.1, 0.15) is 6.42 Å². The smallest absolute Gasteiger partial charge is 0.321 e. The van der Waals surface area contributed by atoms with Crippen molar-refractivity contribution in [2.75, 3.05) is 18.4 Å². The van der Waals surface area contributed by atoms with Gasteiger partial charge in [0, 0.05) is 24.7 Å². The van der Waals surface area contributed by atoms with Crippen molar-refractivity contribution in [2.24, 2.45) is 5.92 Å². The first-order valence-electron chi connectivity index (χ1n) is 5.79. The Morgan fingerprint density at radius 2 is 1.90 bits per heavy atom. The molecule has 5 nitrogen and oxygen atoms in total. The van der Waals surface area contributed by atoms with Crippen molar-refractivity contribution in [3.63, 3.8) is 0 Å². The van der Waals surface area contributed by atoms with Gasteiger partial charge in [-0.25, -0.2) is 9.18 Å². The Kier molecular flexibility index (Phi) is 4.35. The molecule has 0 aliphatic carbocycles. The van der Waals surface area contributed by atoms with Crippen LogP contribution >= 0.6 is 23.2 Å². The second-order valence-electron chi connectivity index (χ2n) is 4.55. The predicted octanol–water partition coefficient (Wildman–Crippen LogP) is 3.07. The lowest BCUT2D eigenvalue weighted by Gasteiger charge is -2.38. The average Bonchev–Trinajstić information content (AvgIpc) is 2.29. The monoisotopic (exact) mass is 320 g/mol. The van der Waals surface area contributed by atoms with E-state index in [1.165, 1.54) is 17.0 Å². The fourth-order valence-corrected chi connectivity index (χ4v) is 2.43. The van der Waals surface area contributed by atoms with Crippen LogP contribution in [-0.4, -0.2) is 35.1 Å². The Bertz CT molecular complexity index is 539. The second kappa shape index (κ2) is 5.85. The number of rotatable bonds is 3. The Labute approximate surface area is 124 Å². The van der Waals surface area contributed by atoms with Crippen molar-refractivity contribution in [3.05, 3.63) is 28.0 Å². The van der Waals surface area contributed by atoms with E-state index in [9.17, 15) is 14.0 Å². The predicted molar refractivity (Wildman–Crippen MR) is 72.8 cm³/mol. The van der Waals surface area contributed by atoms with Crippen molar-refractivity contribution in [3.8, 4) is 0 Å². The van der Waals surface area contributed by atoms with Crippen LogP contribution in [-0.2, 0) is 4.79 Å². The first kappa shape index (κ1) is 14.9. The van der Waals surface area contributed by atoms with Gasteiger partial charge >= 0.3 is 12.0 Å². The second-order valence-corrected chi connectivity index (χ2v) is 5.37. The highest BCUT2D eigenvalue weighted by Gasteiger charge is 2.32. The maximum absolute atomic E-state index is 13.2. The number of aliphatic carboxylic acids is 1. The molecule has 108 valence electrons. The van der Waals surface area contributed by atoms with Gasteiger partial charge in [0.1, 0.15) is 0 Å². The zero-order valence-electron chi connectivity index (χ0n) is 10.2. The standard InChI is InChI=1S/C12H11Cl2FN2O3/c13-8-2-7(3-9(14)11(8)15)16-12(20)17-4-6(5-17)1-10(18)19/h2-3,6H,1,4-5H2,(H,16,20)(H,18,19). The molecule has 0 aromatic heterocycles. The molecule has 0 spiro atoms. The lowest BCUT2D eigenvalue weighted by atomic mass is 9.97. The number of carbonyl (C=O) groups excluding carboxylic acids is 1. The summed E-state index contributed by atoms with van der Waals surface area (Å²) >= 11 is 11.2. The van der Waals surface area contributed by atoms with Crippen LogP contribution in [0.3, 0.4) is 0 Å². The summed E-state index contributed by atoms with van der Waals surface area (Å²) in [5, 5.41) is 10.8. The summed E-state index contributed by atoms with van der Waals surface area (Å²) in [5.41, 5.74) is 0.285. The number of nitrogens with zero attached hydrogens (tertiary/aromatic N) is 1. The van der Waals surface area contributed by atoms with Crippen LogP contribution in [0.4, 0.5) is 14.9 Å². The first-order valence-corrected chi connectivity index (χ1v) is 6.54. The number of hydrogen-bond donors (Lipinski definition) is 2. The largest absolute Gasteiger partial charge is 0.481 e. The minimum absolute atomic E-state index is 0.0290. The zero-order valence-corrected chi connectivity index (χ0v) is 11.7. The lowest BCUT2D eigenvalue weighted by molar-refractivity contribution is -0.139. The molecule has 1 heterocycles. The Balaban J connectivity index is 1.92. The van der Waals surface area contributed by atoms with E-state index in [0.717, 1.165) is 0 Å². The zero-order chi connectivity index (χ0) is 14.9. The summed E-state index contributed by atoms with van der Waals surface area (Å²) in [6, 6.07) is 2.12. The number of likely N-dealkylation sites (tertiary alicyclic amines) is 1.